The number of ether oxygens (including phenoxy) is 2. The van der Waals surface area contributed by atoms with Crippen LogP contribution in [0.4, 0.5) is 22.7 Å². The number of aromatic hydroxyl groups is 2. The molecule has 228 valence electrons. The van der Waals surface area contributed by atoms with E-state index in [2.05, 4.69) is 0 Å². The number of hydrogen-bond donors (Lipinski definition) is 2. The first kappa shape index (κ1) is 28.6. The van der Waals surface area contributed by atoms with Gasteiger partial charge in [-0.1, -0.05) is 72.8 Å². The standard InChI is InChI=1S/C36H26N2O8/c1-3-45-35(43)27-25-29(37(33(27)41)23-17-9-13-19-11-5-7-15-21(19)23)32(40)26-28(36(44)46-4-2)34(42)38(30(26)31(25)39)24-18-10-14-20-12-6-8-16-22(20)24/h5-18,39-40H,3-4H2,1-2H3. The van der Waals surface area contributed by atoms with E-state index >= 15 is 0 Å². The van der Waals surface area contributed by atoms with Gasteiger partial charge in [0.1, 0.15) is 22.5 Å². The van der Waals surface area contributed by atoms with Crippen molar-refractivity contribution in [3.05, 3.63) is 95.4 Å². The Hall–Kier alpha value is -6.16. The van der Waals surface area contributed by atoms with Crippen LogP contribution in [0.15, 0.2) is 84.9 Å². The fourth-order valence-electron chi connectivity index (χ4n) is 6.30. The van der Waals surface area contributed by atoms with Crippen molar-refractivity contribution in [3.8, 4) is 11.5 Å². The molecule has 2 heterocycles. The summed E-state index contributed by atoms with van der Waals surface area (Å²) < 4.78 is 10.5. The molecule has 2 aliphatic heterocycles. The van der Waals surface area contributed by atoms with Crippen molar-refractivity contribution in [1.29, 1.82) is 0 Å². The van der Waals surface area contributed by atoms with Gasteiger partial charge in [0, 0.05) is 10.8 Å². The second-order valence-corrected chi connectivity index (χ2v) is 10.6. The van der Waals surface area contributed by atoms with Crippen molar-refractivity contribution in [2.45, 2.75) is 13.8 Å². The van der Waals surface area contributed by atoms with E-state index in [4.69, 9.17) is 9.47 Å². The SMILES string of the molecule is CCOC(=O)C1=c2c(O)c3c(c(O)c2N(c2cccc4ccccc24)C1=O)=C(C(=O)OCC)C(=O)N3c1cccc2ccccc12. The fourth-order valence-corrected chi connectivity index (χ4v) is 6.30. The predicted molar refractivity (Wildman–Crippen MR) is 171 cm³/mol. The van der Waals surface area contributed by atoms with Gasteiger partial charge in [-0.3, -0.25) is 19.4 Å². The number of anilines is 4. The van der Waals surface area contributed by atoms with Crippen molar-refractivity contribution >= 4 is 79.2 Å². The minimum atomic E-state index is -1.03. The number of carbonyl (C=O) groups excluding carboxylic acids is 4. The molecule has 0 atom stereocenters. The lowest BCUT2D eigenvalue weighted by atomic mass is 10.0. The van der Waals surface area contributed by atoms with Crippen LogP contribution in [0.2, 0.25) is 0 Å². The zero-order chi connectivity index (χ0) is 32.3. The normalized spacial score (nSPS) is 13.9. The number of nitrogens with zero attached hydrogens (tertiary/aromatic N) is 2. The fraction of sp³-hybridized carbons (Fsp3) is 0.111. The minimum absolute atomic E-state index is 0.0711. The Morgan fingerprint density at radius 1 is 0.587 bits per heavy atom. The van der Waals surface area contributed by atoms with Crippen molar-refractivity contribution in [3.63, 3.8) is 0 Å². The average Bonchev–Trinajstić information content (AvgIpc) is 3.55. The van der Waals surface area contributed by atoms with Crippen molar-refractivity contribution in [2.24, 2.45) is 0 Å². The van der Waals surface area contributed by atoms with Crippen molar-refractivity contribution < 1.29 is 38.9 Å². The number of phenolic OH excluding ortho intramolecular Hbond substituents is 2. The Balaban J connectivity index is 1.64. The first-order chi connectivity index (χ1) is 22.3. The molecule has 7 rings (SSSR count). The molecule has 2 amide bonds. The van der Waals surface area contributed by atoms with Crippen LogP contribution in [-0.2, 0) is 28.7 Å². The maximum atomic E-state index is 14.3. The van der Waals surface area contributed by atoms with Crippen LogP contribution < -0.4 is 20.2 Å². The van der Waals surface area contributed by atoms with E-state index < -0.39 is 46.4 Å². The van der Waals surface area contributed by atoms with Gasteiger partial charge in [-0.2, -0.15) is 0 Å². The maximum absolute atomic E-state index is 14.3. The number of fused-ring (bicyclic) bond motifs is 4. The summed E-state index contributed by atoms with van der Waals surface area (Å²) in [7, 11) is 0. The number of amides is 2. The smallest absolute Gasteiger partial charge is 0.344 e. The van der Waals surface area contributed by atoms with E-state index in [0.29, 0.717) is 22.1 Å². The molecular weight excluding hydrogens is 588 g/mol. The zero-order valence-corrected chi connectivity index (χ0v) is 24.7. The Bertz CT molecular complexity index is 2140. The molecule has 0 fully saturated rings. The van der Waals surface area contributed by atoms with E-state index in [1.165, 1.54) is 0 Å². The minimum Gasteiger partial charge on any atom is -0.505 e. The average molecular weight is 615 g/mol. The van der Waals surface area contributed by atoms with Crippen molar-refractivity contribution in [2.75, 3.05) is 23.0 Å². The highest BCUT2D eigenvalue weighted by atomic mass is 16.5. The molecule has 0 saturated heterocycles. The molecule has 10 nitrogen and oxygen atoms in total. The van der Waals surface area contributed by atoms with Crippen molar-refractivity contribution in [1.82, 2.24) is 0 Å². The largest absolute Gasteiger partial charge is 0.505 e. The highest BCUT2D eigenvalue weighted by molar-refractivity contribution is 6.49. The Labute approximate surface area is 261 Å². The first-order valence-electron chi connectivity index (χ1n) is 14.6. The van der Waals surface area contributed by atoms with Crippen LogP contribution in [0.1, 0.15) is 13.8 Å². The number of benzene rings is 5. The summed E-state index contributed by atoms with van der Waals surface area (Å²) >= 11 is 0. The van der Waals surface area contributed by atoms with Crippen LogP contribution in [0.5, 0.6) is 11.5 Å². The third-order valence-corrected chi connectivity index (χ3v) is 8.15. The Morgan fingerprint density at radius 2 is 0.957 bits per heavy atom. The molecule has 5 aromatic rings. The molecule has 0 unspecified atom stereocenters. The van der Waals surface area contributed by atoms with Crippen LogP contribution in [0.25, 0.3) is 32.7 Å². The van der Waals surface area contributed by atoms with E-state index in [9.17, 15) is 29.4 Å². The van der Waals surface area contributed by atoms with Crippen LogP contribution in [0, 0.1) is 0 Å². The number of phenols is 2. The predicted octanol–water partition coefficient (Wildman–Crippen LogP) is 4.19. The number of carbonyl (C=O) groups is 4. The van der Waals surface area contributed by atoms with Gasteiger partial charge in [0.25, 0.3) is 11.8 Å². The van der Waals surface area contributed by atoms with Crippen LogP contribution >= 0.6 is 0 Å². The Morgan fingerprint density at radius 3 is 1.35 bits per heavy atom. The van der Waals surface area contributed by atoms with Gasteiger partial charge >= 0.3 is 11.9 Å². The van der Waals surface area contributed by atoms with Gasteiger partial charge in [-0.15, -0.1) is 0 Å². The third kappa shape index (κ3) is 3.96. The summed E-state index contributed by atoms with van der Waals surface area (Å²) in [5.74, 6) is -5.10. The van der Waals surface area contributed by atoms with E-state index in [1.54, 1.807) is 62.4 Å². The Kier molecular flexibility index (Phi) is 6.70. The summed E-state index contributed by atoms with van der Waals surface area (Å²) in [6.07, 6.45) is 0. The lowest BCUT2D eigenvalue weighted by Gasteiger charge is -2.24. The molecule has 5 aromatic carbocycles. The summed E-state index contributed by atoms with van der Waals surface area (Å²) in [4.78, 5) is 57.5. The highest BCUT2D eigenvalue weighted by Crippen LogP contribution is 2.46. The molecule has 0 saturated carbocycles. The number of hydrogen-bond acceptors (Lipinski definition) is 8. The van der Waals surface area contributed by atoms with E-state index in [0.717, 1.165) is 20.6 Å². The van der Waals surface area contributed by atoms with Crippen LogP contribution in [0.3, 0.4) is 0 Å². The van der Waals surface area contributed by atoms with Crippen LogP contribution in [-0.4, -0.2) is 47.2 Å². The highest BCUT2D eigenvalue weighted by Gasteiger charge is 2.46. The monoisotopic (exact) mass is 614 g/mol. The molecule has 0 radical (unpaired) electrons. The number of esters is 2. The second kappa shape index (κ2) is 10.8. The lowest BCUT2D eigenvalue weighted by Crippen LogP contribution is -2.27. The van der Waals surface area contributed by atoms with Gasteiger partial charge in [-0.25, -0.2) is 9.59 Å². The van der Waals surface area contributed by atoms with Gasteiger partial charge in [0.2, 0.25) is 0 Å². The summed E-state index contributed by atoms with van der Waals surface area (Å²) in [6, 6.07) is 24.8. The van der Waals surface area contributed by atoms with E-state index in [1.807, 2.05) is 36.4 Å². The molecule has 0 bridgehead atoms. The molecular formula is C36H26N2O8. The summed E-state index contributed by atoms with van der Waals surface area (Å²) in [5.41, 5.74) is -1.01. The lowest BCUT2D eigenvalue weighted by molar-refractivity contribution is -0.138. The zero-order valence-electron chi connectivity index (χ0n) is 24.7. The molecule has 0 aliphatic carbocycles. The molecule has 2 aliphatic rings. The third-order valence-electron chi connectivity index (χ3n) is 8.15. The van der Waals surface area contributed by atoms with Gasteiger partial charge in [0.15, 0.2) is 11.5 Å². The second-order valence-electron chi connectivity index (χ2n) is 10.6. The first-order valence-corrected chi connectivity index (χ1v) is 14.6. The molecule has 10 heteroatoms. The van der Waals surface area contributed by atoms with E-state index in [-0.39, 0.29) is 35.0 Å². The van der Waals surface area contributed by atoms with Gasteiger partial charge in [-0.05, 0) is 36.8 Å². The molecule has 0 aromatic heterocycles. The maximum Gasteiger partial charge on any atom is 0.344 e. The summed E-state index contributed by atoms with van der Waals surface area (Å²) in [6.45, 7) is 3.00. The quantitative estimate of drug-likeness (QED) is 0.215. The summed E-state index contributed by atoms with van der Waals surface area (Å²) in [5, 5.41) is 26.3. The molecule has 0 spiro atoms. The number of rotatable bonds is 6. The van der Waals surface area contributed by atoms with Gasteiger partial charge < -0.3 is 19.7 Å². The van der Waals surface area contributed by atoms with Gasteiger partial charge in [0.05, 0.1) is 35.0 Å². The molecule has 2 N–H and O–H groups in total. The topological polar surface area (TPSA) is 134 Å². The molecule has 46 heavy (non-hydrogen) atoms.